The summed E-state index contributed by atoms with van der Waals surface area (Å²) < 4.78 is 22.4. The predicted molar refractivity (Wildman–Crippen MR) is 81.2 cm³/mol. The lowest BCUT2D eigenvalue weighted by atomic mass is 10.1. The highest BCUT2D eigenvalue weighted by Gasteiger charge is 2.09. The number of hydrogen-bond donors (Lipinski definition) is 3. The molecule has 1 unspecified atom stereocenters. The Bertz CT molecular complexity index is 695. The number of phenolic OH excluding ortho intramolecular Hbond substituents is 1. The highest BCUT2D eigenvalue weighted by molar-refractivity contribution is 7.89. The van der Waals surface area contributed by atoms with E-state index >= 15 is 0 Å². The van der Waals surface area contributed by atoms with Gasteiger partial charge in [0.1, 0.15) is 5.75 Å². The number of nitrogens with one attached hydrogen (secondary N) is 1. The molecule has 2 rings (SSSR count). The lowest BCUT2D eigenvalue weighted by Crippen LogP contribution is -2.18. The lowest BCUT2D eigenvalue weighted by molar-refractivity contribution is 0.474. The minimum Gasteiger partial charge on any atom is -0.508 e. The standard InChI is InChI=1S/C15H18N2O3S/c1-11(17-10-12-2-6-14(18)7-3-12)13-4-8-15(9-5-13)21(16,19)20/h2-9,11,17-18H,10H2,1H3,(H2,16,19,20). The van der Waals surface area contributed by atoms with Crippen molar-refractivity contribution in [3.05, 3.63) is 59.7 Å². The molecule has 2 aromatic carbocycles. The fourth-order valence-corrected chi connectivity index (χ4v) is 2.46. The third-order valence-corrected chi connectivity index (χ3v) is 4.19. The van der Waals surface area contributed by atoms with Gasteiger partial charge in [0, 0.05) is 12.6 Å². The number of benzene rings is 2. The maximum atomic E-state index is 11.2. The van der Waals surface area contributed by atoms with Crippen LogP contribution in [0.5, 0.6) is 5.75 Å². The van der Waals surface area contributed by atoms with Crippen LogP contribution in [0.2, 0.25) is 0 Å². The van der Waals surface area contributed by atoms with E-state index in [4.69, 9.17) is 5.14 Å². The third kappa shape index (κ3) is 4.29. The quantitative estimate of drug-likeness (QED) is 0.786. The van der Waals surface area contributed by atoms with Gasteiger partial charge in [0.25, 0.3) is 0 Å². The first-order valence-corrected chi connectivity index (χ1v) is 8.05. The molecule has 0 radical (unpaired) electrons. The van der Waals surface area contributed by atoms with Gasteiger partial charge in [-0.2, -0.15) is 0 Å². The molecule has 0 aliphatic carbocycles. The van der Waals surface area contributed by atoms with Crippen LogP contribution in [0.1, 0.15) is 24.1 Å². The molecule has 112 valence electrons. The summed E-state index contributed by atoms with van der Waals surface area (Å²) in [4.78, 5) is 0.108. The van der Waals surface area contributed by atoms with Crippen molar-refractivity contribution >= 4 is 10.0 Å². The summed E-state index contributed by atoms with van der Waals surface area (Å²) in [6.45, 7) is 2.64. The summed E-state index contributed by atoms with van der Waals surface area (Å²) in [7, 11) is -3.65. The molecule has 21 heavy (non-hydrogen) atoms. The third-order valence-electron chi connectivity index (χ3n) is 3.26. The van der Waals surface area contributed by atoms with Gasteiger partial charge in [0.2, 0.25) is 10.0 Å². The molecule has 0 aliphatic rings. The molecule has 0 fully saturated rings. The summed E-state index contributed by atoms with van der Waals surface area (Å²) >= 11 is 0. The molecule has 0 spiro atoms. The van der Waals surface area contributed by atoms with E-state index in [1.807, 2.05) is 19.1 Å². The zero-order chi connectivity index (χ0) is 15.5. The minimum absolute atomic E-state index is 0.0633. The van der Waals surface area contributed by atoms with E-state index in [0.717, 1.165) is 11.1 Å². The molecule has 0 saturated heterocycles. The van der Waals surface area contributed by atoms with Crippen LogP contribution in [-0.2, 0) is 16.6 Å². The van der Waals surface area contributed by atoms with Crippen LogP contribution in [0.3, 0.4) is 0 Å². The van der Waals surface area contributed by atoms with E-state index in [0.29, 0.717) is 6.54 Å². The van der Waals surface area contributed by atoms with Crippen molar-refractivity contribution < 1.29 is 13.5 Å². The Hall–Kier alpha value is -1.89. The van der Waals surface area contributed by atoms with Crippen LogP contribution >= 0.6 is 0 Å². The number of rotatable bonds is 5. The summed E-state index contributed by atoms with van der Waals surface area (Å²) in [5.74, 6) is 0.241. The molecule has 0 heterocycles. The van der Waals surface area contributed by atoms with E-state index in [9.17, 15) is 13.5 Å². The largest absolute Gasteiger partial charge is 0.508 e. The lowest BCUT2D eigenvalue weighted by Gasteiger charge is -2.14. The molecule has 0 saturated carbocycles. The second kappa shape index (κ2) is 6.26. The van der Waals surface area contributed by atoms with Gasteiger partial charge in [-0.25, -0.2) is 13.6 Å². The Labute approximate surface area is 124 Å². The highest BCUT2D eigenvalue weighted by atomic mass is 32.2. The van der Waals surface area contributed by atoms with Gasteiger partial charge in [-0.3, -0.25) is 0 Å². The van der Waals surface area contributed by atoms with E-state index in [2.05, 4.69) is 5.32 Å². The van der Waals surface area contributed by atoms with Crippen LogP contribution in [0, 0.1) is 0 Å². The average molecular weight is 306 g/mol. The molecular weight excluding hydrogens is 288 g/mol. The van der Waals surface area contributed by atoms with Gasteiger partial charge in [0.05, 0.1) is 4.90 Å². The second-order valence-corrected chi connectivity index (χ2v) is 6.44. The smallest absolute Gasteiger partial charge is 0.238 e. The molecule has 5 nitrogen and oxygen atoms in total. The number of sulfonamides is 1. The van der Waals surface area contributed by atoms with Crippen molar-refractivity contribution in [2.75, 3.05) is 0 Å². The van der Waals surface area contributed by atoms with E-state index in [-0.39, 0.29) is 16.7 Å². The first-order valence-electron chi connectivity index (χ1n) is 6.50. The van der Waals surface area contributed by atoms with Crippen LogP contribution in [-0.4, -0.2) is 13.5 Å². The maximum Gasteiger partial charge on any atom is 0.238 e. The van der Waals surface area contributed by atoms with Crippen molar-refractivity contribution in [3.8, 4) is 5.75 Å². The molecule has 1 atom stereocenters. The first kappa shape index (κ1) is 15.5. The van der Waals surface area contributed by atoms with Crippen molar-refractivity contribution in [2.24, 2.45) is 5.14 Å². The monoisotopic (exact) mass is 306 g/mol. The van der Waals surface area contributed by atoms with Crippen molar-refractivity contribution in [2.45, 2.75) is 24.4 Å². The number of primary sulfonamides is 1. The van der Waals surface area contributed by atoms with Gasteiger partial charge < -0.3 is 10.4 Å². The molecular formula is C15H18N2O3S. The number of nitrogens with two attached hydrogens (primary N) is 1. The van der Waals surface area contributed by atoms with Crippen LogP contribution in [0.15, 0.2) is 53.4 Å². The topological polar surface area (TPSA) is 92.4 Å². The van der Waals surface area contributed by atoms with Gasteiger partial charge in [-0.05, 0) is 42.3 Å². The highest BCUT2D eigenvalue weighted by Crippen LogP contribution is 2.16. The summed E-state index contributed by atoms with van der Waals surface area (Å²) in [6, 6.07) is 13.5. The summed E-state index contributed by atoms with van der Waals surface area (Å²) in [6.07, 6.45) is 0. The van der Waals surface area contributed by atoms with Crippen molar-refractivity contribution in [1.82, 2.24) is 5.32 Å². The Kier molecular flexibility index (Phi) is 4.62. The number of hydrogen-bond acceptors (Lipinski definition) is 4. The van der Waals surface area contributed by atoms with Crippen LogP contribution in [0.4, 0.5) is 0 Å². The van der Waals surface area contributed by atoms with Gasteiger partial charge in [-0.15, -0.1) is 0 Å². The van der Waals surface area contributed by atoms with Gasteiger partial charge >= 0.3 is 0 Å². The predicted octanol–water partition coefficient (Wildman–Crippen LogP) is 1.89. The zero-order valence-electron chi connectivity index (χ0n) is 11.7. The Balaban J connectivity index is 2.00. The average Bonchev–Trinajstić information content (AvgIpc) is 2.45. The Morgan fingerprint density at radius 3 is 2.19 bits per heavy atom. The normalized spacial score (nSPS) is 13.0. The number of aromatic hydroxyl groups is 1. The fourth-order valence-electron chi connectivity index (χ4n) is 1.95. The fraction of sp³-hybridized carbons (Fsp3) is 0.200. The van der Waals surface area contributed by atoms with Gasteiger partial charge in [0.15, 0.2) is 0 Å². The van der Waals surface area contributed by atoms with Crippen LogP contribution < -0.4 is 10.5 Å². The van der Waals surface area contributed by atoms with Crippen molar-refractivity contribution in [3.63, 3.8) is 0 Å². The number of phenols is 1. The second-order valence-electron chi connectivity index (χ2n) is 4.88. The molecule has 0 aliphatic heterocycles. The van der Waals surface area contributed by atoms with E-state index in [1.165, 1.54) is 12.1 Å². The summed E-state index contributed by atoms with van der Waals surface area (Å²) in [5.41, 5.74) is 2.03. The SMILES string of the molecule is CC(NCc1ccc(O)cc1)c1ccc(S(N)(=O)=O)cc1. The molecule has 0 amide bonds. The molecule has 4 N–H and O–H groups in total. The molecule has 0 aromatic heterocycles. The van der Waals surface area contributed by atoms with E-state index in [1.54, 1.807) is 24.3 Å². The maximum absolute atomic E-state index is 11.2. The Morgan fingerprint density at radius 2 is 1.67 bits per heavy atom. The van der Waals surface area contributed by atoms with E-state index < -0.39 is 10.0 Å². The first-order chi connectivity index (χ1) is 9.86. The minimum atomic E-state index is -3.65. The molecule has 0 bridgehead atoms. The zero-order valence-corrected chi connectivity index (χ0v) is 12.5. The molecule has 6 heteroatoms. The summed E-state index contributed by atoms with van der Waals surface area (Å²) in [5, 5.41) is 17.6. The van der Waals surface area contributed by atoms with Crippen molar-refractivity contribution in [1.29, 1.82) is 0 Å². The Morgan fingerprint density at radius 1 is 1.10 bits per heavy atom. The molecule has 2 aromatic rings. The van der Waals surface area contributed by atoms with Gasteiger partial charge in [-0.1, -0.05) is 24.3 Å². The van der Waals surface area contributed by atoms with Crippen LogP contribution in [0.25, 0.3) is 0 Å².